The van der Waals surface area contributed by atoms with Crippen molar-refractivity contribution in [2.45, 2.75) is 26.4 Å². The number of ether oxygens (including phenoxy) is 2. The number of carbonyl (C=O) groups is 1. The maximum absolute atomic E-state index is 13.3. The second kappa shape index (κ2) is 9.87. The first-order valence-electron chi connectivity index (χ1n) is 12.7. The lowest BCUT2D eigenvalue weighted by Gasteiger charge is -2.27. The molecule has 6 rings (SSSR count). The van der Waals surface area contributed by atoms with E-state index >= 15 is 0 Å². The number of amides is 1. The molecule has 1 saturated heterocycles. The molecular weight excluding hydrogens is 454 g/mol. The molecule has 2 aromatic heterocycles. The van der Waals surface area contributed by atoms with Crippen LogP contribution in [0.3, 0.4) is 0 Å². The smallest absolute Gasteiger partial charge is 0.254 e. The Hall–Kier alpha value is -3.49. The highest BCUT2D eigenvalue weighted by atomic mass is 16.5. The van der Waals surface area contributed by atoms with Crippen molar-refractivity contribution in [2.24, 2.45) is 5.92 Å². The SMILES string of the molecule is Cc1cc2c(C(=O)N3CCOCC3)cccc2n1-c1nc2c(c(NCC3C=CC=CC3)n1)COCC2. The van der Waals surface area contributed by atoms with Crippen molar-refractivity contribution < 1.29 is 14.3 Å². The maximum atomic E-state index is 13.3. The van der Waals surface area contributed by atoms with Gasteiger partial charge in [0.25, 0.3) is 5.91 Å². The summed E-state index contributed by atoms with van der Waals surface area (Å²) >= 11 is 0. The highest BCUT2D eigenvalue weighted by molar-refractivity contribution is 6.07. The molecule has 8 heteroatoms. The molecule has 3 aromatic rings. The molecule has 1 fully saturated rings. The van der Waals surface area contributed by atoms with Gasteiger partial charge in [0.15, 0.2) is 0 Å². The predicted octanol–water partition coefficient (Wildman–Crippen LogP) is 3.82. The Labute approximate surface area is 210 Å². The number of allylic oxidation sites excluding steroid dienone is 3. The van der Waals surface area contributed by atoms with Crippen molar-refractivity contribution in [2.75, 3.05) is 44.8 Å². The first-order valence-corrected chi connectivity index (χ1v) is 12.7. The highest BCUT2D eigenvalue weighted by Crippen LogP contribution is 2.30. The van der Waals surface area contributed by atoms with Crippen LogP contribution in [0.4, 0.5) is 5.82 Å². The summed E-state index contributed by atoms with van der Waals surface area (Å²) in [4.78, 5) is 25.2. The van der Waals surface area contributed by atoms with Crippen LogP contribution in [0.25, 0.3) is 16.9 Å². The van der Waals surface area contributed by atoms with Gasteiger partial charge in [0.2, 0.25) is 5.95 Å². The first kappa shape index (κ1) is 22.9. The minimum Gasteiger partial charge on any atom is -0.378 e. The number of morpholine rings is 1. The Morgan fingerprint density at radius 2 is 2.03 bits per heavy atom. The summed E-state index contributed by atoms with van der Waals surface area (Å²) in [6.45, 7) is 6.41. The van der Waals surface area contributed by atoms with Gasteiger partial charge in [-0.2, -0.15) is 4.98 Å². The van der Waals surface area contributed by atoms with E-state index in [1.54, 1.807) is 0 Å². The molecule has 1 N–H and O–H groups in total. The number of hydrogen-bond acceptors (Lipinski definition) is 6. The van der Waals surface area contributed by atoms with Gasteiger partial charge in [0.05, 0.1) is 37.6 Å². The van der Waals surface area contributed by atoms with Gasteiger partial charge in [-0.05, 0) is 37.5 Å². The van der Waals surface area contributed by atoms with E-state index in [4.69, 9.17) is 19.4 Å². The van der Waals surface area contributed by atoms with Gasteiger partial charge in [-0.1, -0.05) is 30.4 Å². The summed E-state index contributed by atoms with van der Waals surface area (Å²) in [5.74, 6) is 1.93. The minimum absolute atomic E-state index is 0.0431. The molecule has 0 bridgehead atoms. The molecule has 0 spiro atoms. The van der Waals surface area contributed by atoms with Crippen molar-refractivity contribution in [1.29, 1.82) is 0 Å². The summed E-state index contributed by atoms with van der Waals surface area (Å²) < 4.78 is 13.2. The average Bonchev–Trinajstić information content (AvgIpc) is 3.28. The summed E-state index contributed by atoms with van der Waals surface area (Å²) in [5, 5.41) is 4.50. The maximum Gasteiger partial charge on any atom is 0.254 e. The fraction of sp³-hybridized carbons (Fsp3) is 0.393. The molecule has 0 radical (unpaired) electrons. The number of carbonyl (C=O) groups excluding carboxylic acids is 1. The van der Waals surface area contributed by atoms with Gasteiger partial charge >= 0.3 is 0 Å². The summed E-state index contributed by atoms with van der Waals surface area (Å²) in [6, 6.07) is 7.96. The van der Waals surface area contributed by atoms with Crippen molar-refractivity contribution in [3.63, 3.8) is 0 Å². The molecule has 0 saturated carbocycles. The Morgan fingerprint density at radius 1 is 1.14 bits per heavy atom. The quantitative estimate of drug-likeness (QED) is 0.592. The Kier molecular flexibility index (Phi) is 6.29. The second-order valence-electron chi connectivity index (χ2n) is 9.55. The van der Waals surface area contributed by atoms with Gasteiger partial charge in [-0.15, -0.1) is 0 Å². The van der Waals surface area contributed by atoms with Crippen molar-refractivity contribution >= 4 is 22.6 Å². The van der Waals surface area contributed by atoms with Gasteiger partial charge in [-0.3, -0.25) is 9.36 Å². The number of hydrogen-bond donors (Lipinski definition) is 1. The topological polar surface area (TPSA) is 81.5 Å². The minimum atomic E-state index is 0.0431. The number of nitrogens with one attached hydrogen (secondary N) is 1. The normalized spacial score (nSPS) is 19.5. The lowest BCUT2D eigenvalue weighted by atomic mass is 10.0. The highest BCUT2D eigenvalue weighted by Gasteiger charge is 2.24. The van der Waals surface area contributed by atoms with E-state index in [2.05, 4.69) is 40.3 Å². The van der Waals surface area contributed by atoms with Gasteiger partial charge < -0.3 is 19.7 Å². The molecule has 4 heterocycles. The number of fused-ring (bicyclic) bond motifs is 2. The van der Waals surface area contributed by atoms with Crippen LogP contribution in [0.5, 0.6) is 0 Å². The predicted molar refractivity (Wildman–Crippen MR) is 139 cm³/mol. The number of aryl methyl sites for hydroxylation is 1. The molecule has 8 nitrogen and oxygen atoms in total. The fourth-order valence-electron chi connectivity index (χ4n) is 5.23. The number of benzene rings is 1. The van der Waals surface area contributed by atoms with E-state index in [9.17, 15) is 4.79 Å². The van der Waals surface area contributed by atoms with Crippen molar-refractivity contribution in [1.82, 2.24) is 19.4 Å². The molecule has 1 amide bonds. The van der Waals surface area contributed by atoms with Crippen LogP contribution in [-0.2, 0) is 22.5 Å². The van der Waals surface area contributed by atoms with Crippen molar-refractivity contribution in [3.05, 3.63) is 71.1 Å². The van der Waals surface area contributed by atoms with Gasteiger partial charge in [-0.25, -0.2) is 4.98 Å². The molecule has 2 aliphatic heterocycles. The Balaban J connectivity index is 1.39. The zero-order chi connectivity index (χ0) is 24.5. The van der Waals surface area contributed by atoms with Crippen LogP contribution in [-0.4, -0.2) is 64.8 Å². The van der Waals surface area contributed by atoms with E-state index in [1.165, 1.54) is 0 Å². The molecule has 1 atom stereocenters. The molecule has 1 aliphatic carbocycles. The summed E-state index contributed by atoms with van der Waals surface area (Å²) in [6.07, 6.45) is 10.4. The molecule has 36 heavy (non-hydrogen) atoms. The first-order chi connectivity index (χ1) is 17.7. The monoisotopic (exact) mass is 485 g/mol. The third-order valence-electron chi connectivity index (χ3n) is 7.17. The molecule has 1 aromatic carbocycles. The Bertz CT molecular complexity index is 1350. The molecule has 186 valence electrons. The van der Waals surface area contributed by atoms with E-state index in [-0.39, 0.29) is 5.91 Å². The zero-order valence-corrected chi connectivity index (χ0v) is 20.6. The van der Waals surface area contributed by atoms with E-state index < -0.39 is 0 Å². The van der Waals surface area contributed by atoms with Crippen LogP contribution in [0.1, 0.15) is 33.7 Å². The number of aromatic nitrogens is 3. The third kappa shape index (κ3) is 4.31. The van der Waals surface area contributed by atoms with Crippen LogP contribution in [0, 0.1) is 12.8 Å². The third-order valence-corrected chi connectivity index (χ3v) is 7.17. The van der Waals surface area contributed by atoms with Gasteiger partial charge in [0.1, 0.15) is 5.82 Å². The van der Waals surface area contributed by atoms with Crippen LogP contribution < -0.4 is 5.32 Å². The van der Waals surface area contributed by atoms with E-state index in [0.717, 1.165) is 53.1 Å². The lowest BCUT2D eigenvalue weighted by Crippen LogP contribution is -2.40. The standard InChI is InChI=1S/C28H31N5O3/c1-19-16-22-21(27(34)32-11-14-35-15-12-32)8-5-9-25(22)33(19)28-30-24-10-13-36-18-23(24)26(31-28)29-17-20-6-3-2-4-7-20/h2-6,8-9,16,20H,7,10-15,17-18H2,1H3,(H,29,30,31). The summed E-state index contributed by atoms with van der Waals surface area (Å²) in [7, 11) is 0. The zero-order valence-electron chi connectivity index (χ0n) is 20.6. The van der Waals surface area contributed by atoms with E-state index in [0.29, 0.717) is 56.9 Å². The molecule has 1 unspecified atom stereocenters. The summed E-state index contributed by atoms with van der Waals surface area (Å²) in [5.41, 5.74) is 4.70. The largest absolute Gasteiger partial charge is 0.378 e. The fourth-order valence-corrected chi connectivity index (χ4v) is 5.23. The number of rotatable bonds is 5. The number of anilines is 1. The average molecular weight is 486 g/mol. The van der Waals surface area contributed by atoms with Gasteiger partial charge in [0, 0.05) is 48.3 Å². The second-order valence-corrected chi connectivity index (χ2v) is 9.55. The number of nitrogens with zero attached hydrogens (tertiary/aromatic N) is 4. The van der Waals surface area contributed by atoms with Crippen LogP contribution >= 0.6 is 0 Å². The van der Waals surface area contributed by atoms with Crippen molar-refractivity contribution in [3.8, 4) is 5.95 Å². The van der Waals surface area contributed by atoms with Crippen LogP contribution in [0.2, 0.25) is 0 Å². The molecular formula is C28H31N5O3. The Morgan fingerprint density at radius 3 is 2.86 bits per heavy atom. The van der Waals surface area contributed by atoms with E-state index in [1.807, 2.05) is 30.0 Å². The molecule has 3 aliphatic rings. The lowest BCUT2D eigenvalue weighted by molar-refractivity contribution is 0.0304. The van der Waals surface area contributed by atoms with Crippen LogP contribution in [0.15, 0.2) is 48.6 Å².